The van der Waals surface area contributed by atoms with Gasteiger partial charge in [0.05, 0.1) is 5.54 Å². The lowest BCUT2D eigenvalue weighted by Crippen LogP contribution is -2.54. The van der Waals surface area contributed by atoms with Crippen LogP contribution in [0.15, 0.2) is 10.2 Å². The van der Waals surface area contributed by atoms with Gasteiger partial charge < -0.3 is 10.6 Å². The van der Waals surface area contributed by atoms with Gasteiger partial charge in [-0.2, -0.15) is 10.2 Å². The lowest BCUT2D eigenvalue weighted by molar-refractivity contribution is 0.168. The number of carbonyl (C=O) groups is 1. The molecular formula is C17H34N4O. The fraction of sp³-hybridized carbons (Fsp3) is 0.941. The zero-order valence-corrected chi connectivity index (χ0v) is 15.2. The van der Waals surface area contributed by atoms with E-state index in [0.29, 0.717) is 18.4 Å². The molecule has 5 heteroatoms. The van der Waals surface area contributed by atoms with E-state index in [4.69, 9.17) is 0 Å². The minimum Gasteiger partial charge on any atom is -0.338 e. The second-order valence-electron chi connectivity index (χ2n) is 8.08. The molecule has 0 heterocycles. The first-order valence-electron chi connectivity index (χ1n) is 8.62. The van der Waals surface area contributed by atoms with Gasteiger partial charge in [-0.1, -0.05) is 33.1 Å². The summed E-state index contributed by atoms with van der Waals surface area (Å²) in [5, 5.41) is 15.0. The summed E-state index contributed by atoms with van der Waals surface area (Å²) in [6.07, 6.45) is 5.90. The molecule has 1 saturated carbocycles. The highest BCUT2D eigenvalue weighted by Crippen LogP contribution is 2.34. The highest BCUT2D eigenvalue weighted by Gasteiger charge is 2.37. The smallest absolute Gasteiger partial charge is 0.316 e. The van der Waals surface area contributed by atoms with Crippen LogP contribution in [-0.4, -0.2) is 23.8 Å². The second-order valence-corrected chi connectivity index (χ2v) is 8.08. The third-order valence-electron chi connectivity index (χ3n) is 4.00. The molecule has 0 saturated heterocycles. The van der Waals surface area contributed by atoms with Crippen LogP contribution in [0.3, 0.4) is 0 Å². The highest BCUT2D eigenvalue weighted by molar-refractivity contribution is 5.74. The molecular weight excluding hydrogens is 276 g/mol. The van der Waals surface area contributed by atoms with Crippen LogP contribution in [0.1, 0.15) is 73.6 Å². The van der Waals surface area contributed by atoms with Crippen molar-refractivity contribution in [3.05, 3.63) is 0 Å². The van der Waals surface area contributed by atoms with E-state index in [1.165, 1.54) is 19.3 Å². The van der Waals surface area contributed by atoms with E-state index >= 15 is 0 Å². The molecule has 1 aliphatic rings. The fourth-order valence-corrected chi connectivity index (χ4v) is 2.70. The predicted molar refractivity (Wildman–Crippen MR) is 91.0 cm³/mol. The van der Waals surface area contributed by atoms with Gasteiger partial charge in [-0.05, 0) is 46.5 Å². The molecule has 5 nitrogen and oxygen atoms in total. The summed E-state index contributed by atoms with van der Waals surface area (Å²) in [7, 11) is 0. The monoisotopic (exact) mass is 310 g/mol. The maximum atomic E-state index is 12.2. The summed E-state index contributed by atoms with van der Waals surface area (Å²) >= 11 is 0. The largest absolute Gasteiger partial charge is 0.338 e. The first kappa shape index (κ1) is 18.9. The van der Waals surface area contributed by atoms with Crippen molar-refractivity contribution in [2.75, 3.05) is 6.54 Å². The Kier molecular flexibility index (Phi) is 6.82. The molecule has 128 valence electrons. The zero-order valence-electron chi connectivity index (χ0n) is 15.2. The number of nitrogens with zero attached hydrogens (tertiary/aromatic N) is 2. The molecule has 0 aromatic heterocycles. The summed E-state index contributed by atoms with van der Waals surface area (Å²) < 4.78 is 0. The third kappa shape index (κ3) is 6.75. The van der Waals surface area contributed by atoms with Crippen LogP contribution in [-0.2, 0) is 0 Å². The summed E-state index contributed by atoms with van der Waals surface area (Å²) in [5.74, 6) is 0.792. The van der Waals surface area contributed by atoms with E-state index in [0.717, 1.165) is 12.8 Å². The van der Waals surface area contributed by atoms with Gasteiger partial charge in [0, 0.05) is 12.5 Å². The van der Waals surface area contributed by atoms with Crippen molar-refractivity contribution in [1.29, 1.82) is 0 Å². The lowest BCUT2D eigenvalue weighted by Gasteiger charge is -2.37. The van der Waals surface area contributed by atoms with Gasteiger partial charge >= 0.3 is 6.03 Å². The van der Waals surface area contributed by atoms with Gasteiger partial charge in [0.1, 0.15) is 0 Å². The van der Waals surface area contributed by atoms with E-state index in [1.807, 2.05) is 27.7 Å². The maximum absolute atomic E-state index is 12.2. The standard InChI is InChI=1S/C17H34N4O/c1-13(2)12-18-15(22)19-17(6,21-20-16(3,4)5)14-10-8-7-9-11-14/h13-14H,7-12H2,1-6H3,(H2,18,19,22). The Bertz CT molecular complexity index is 381. The summed E-state index contributed by atoms with van der Waals surface area (Å²) in [5.41, 5.74) is -0.846. The molecule has 22 heavy (non-hydrogen) atoms. The Balaban J connectivity index is 2.80. The molecule has 0 aliphatic heterocycles. The molecule has 0 bridgehead atoms. The van der Waals surface area contributed by atoms with Gasteiger partial charge in [0.25, 0.3) is 0 Å². The predicted octanol–water partition coefficient (Wildman–Crippen LogP) is 4.49. The first-order valence-corrected chi connectivity index (χ1v) is 8.62. The number of hydrogen-bond donors (Lipinski definition) is 2. The average Bonchev–Trinajstić information content (AvgIpc) is 2.43. The Morgan fingerprint density at radius 1 is 1.09 bits per heavy atom. The summed E-state index contributed by atoms with van der Waals surface area (Å²) in [6.45, 7) is 12.9. The lowest BCUT2D eigenvalue weighted by atomic mass is 9.81. The third-order valence-corrected chi connectivity index (χ3v) is 4.00. The number of azo groups is 1. The average molecular weight is 310 g/mol. The van der Waals surface area contributed by atoms with E-state index in [1.54, 1.807) is 0 Å². The number of hydrogen-bond acceptors (Lipinski definition) is 3. The number of amides is 2. The number of nitrogens with one attached hydrogen (secondary N) is 2. The van der Waals surface area contributed by atoms with Gasteiger partial charge in [0.15, 0.2) is 5.66 Å². The van der Waals surface area contributed by atoms with Crippen molar-refractivity contribution in [3.8, 4) is 0 Å². The molecule has 1 fully saturated rings. The van der Waals surface area contributed by atoms with Crippen LogP contribution in [0.25, 0.3) is 0 Å². The number of carbonyl (C=O) groups excluding carboxylic acids is 1. The Morgan fingerprint density at radius 3 is 2.18 bits per heavy atom. The topological polar surface area (TPSA) is 65.8 Å². The minimum absolute atomic E-state index is 0.144. The molecule has 1 rings (SSSR count). The van der Waals surface area contributed by atoms with Crippen LogP contribution in [0.2, 0.25) is 0 Å². The first-order chi connectivity index (χ1) is 10.1. The van der Waals surface area contributed by atoms with Crippen molar-refractivity contribution >= 4 is 6.03 Å². The van der Waals surface area contributed by atoms with Crippen molar-refractivity contribution in [1.82, 2.24) is 10.6 Å². The molecule has 1 aliphatic carbocycles. The maximum Gasteiger partial charge on any atom is 0.316 e. The van der Waals surface area contributed by atoms with Gasteiger partial charge in [-0.25, -0.2) is 4.79 Å². The summed E-state index contributed by atoms with van der Waals surface area (Å²) in [6, 6.07) is -0.144. The van der Waals surface area contributed by atoms with Gasteiger partial charge in [-0.3, -0.25) is 0 Å². The quantitative estimate of drug-likeness (QED) is 0.722. The molecule has 1 unspecified atom stereocenters. The highest BCUT2D eigenvalue weighted by atomic mass is 16.2. The van der Waals surface area contributed by atoms with Crippen molar-refractivity contribution in [3.63, 3.8) is 0 Å². The molecule has 1 atom stereocenters. The zero-order chi connectivity index (χ0) is 16.8. The van der Waals surface area contributed by atoms with Crippen LogP contribution < -0.4 is 10.6 Å². The van der Waals surface area contributed by atoms with Crippen LogP contribution in [0.5, 0.6) is 0 Å². The van der Waals surface area contributed by atoms with Gasteiger partial charge in [-0.15, -0.1) is 0 Å². The molecule has 2 N–H and O–H groups in total. The van der Waals surface area contributed by atoms with Crippen LogP contribution in [0.4, 0.5) is 4.79 Å². The van der Waals surface area contributed by atoms with Crippen LogP contribution in [0, 0.1) is 11.8 Å². The number of urea groups is 1. The minimum atomic E-state index is -0.616. The van der Waals surface area contributed by atoms with Crippen molar-refractivity contribution in [2.45, 2.75) is 84.8 Å². The Morgan fingerprint density at radius 2 is 1.68 bits per heavy atom. The normalized spacial score (nSPS) is 20.1. The van der Waals surface area contributed by atoms with Crippen molar-refractivity contribution < 1.29 is 4.79 Å². The van der Waals surface area contributed by atoms with Crippen molar-refractivity contribution in [2.24, 2.45) is 22.1 Å². The van der Waals surface area contributed by atoms with E-state index in [9.17, 15) is 4.79 Å². The molecule has 0 spiro atoms. The van der Waals surface area contributed by atoms with Gasteiger partial charge in [0.2, 0.25) is 0 Å². The fourth-order valence-electron chi connectivity index (χ4n) is 2.70. The Hall–Kier alpha value is -1.13. The van der Waals surface area contributed by atoms with E-state index in [-0.39, 0.29) is 11.6 Å². The molecule has 0 aromatic rings. The Labute approximate surface area is 135 Å². The molecule has 0 aromatic carbocycles. The van der Waals surface area contributed by atoms with E-state index < -0.39 is 5.66 Å². The molecule has 2 amide bonds. The summed E-state index contributed by atoms with van der Waals surface area (Å²) in [4.78, 5) is 12.2. The SMILES string of the molecule is CC(C)CNC(=O)NC(C)(N=NC(C)(C)C)C1CCCCC1. The van der Waals surface area contributed by atoms with E-state index in [2.05, 4.69) is 34.7 Å². The van der Waals surface area contributed by atoms with Crippen LogP contribution >= 0.6 is 0 Å². The molecule has 0 radical (unpaired) electrons. The second kappa shape index (κ2) is 7.93. The number of rotatable bonds is 5.